The zero-order valence-electron chi connectivity index (χ0n) is 15.4. The van der Waals surface area contributed by atoms with Crippen LogP contribution in [-0.2, 0) is 16.0 Å². The Balaban J connectivity index is 1.39. The number of rotatable bonds is 6. The molecule has 0 spiro atoms. The van der Waals surface area contributed by atoms with Gasteiger partial charge in [0.05, 0.1) is 17.5 Å². The van der Waals surface area contributed by atoms with Crippen molar-refractivity contribution in [3.63, 3.8) is 0 Å². The Morgan fingerprint density at radius 1 is 1.39 bits per heavy atom. The molecule has 148 valence electrons. The number of fused-ring (bicyclic) bond motifs is 1. The van der Waals surface area contributed by atoms with E-state index < -0.39 is 11.3 Å². The summed E-state index contributed by atoms with van der Waals surface area (Å²) in [6.07, 6.45) is 3.90. The standard InChI is InChI=1S/C20H23N3O4S/c24-16(8-7-15-10-13-4-1-2-6-17(13)27-15)19-18(21-12-28-19)20(25)23-9-3-5-14(23)11-22-26/h1-2,4,6,10-11,14,18-19,21,26H,3,5,7-9,12H2/t14-,18-,19?/m0/s1. The van der Waals surface area contributed by atoms with Crippen LogP contribution < -0.4 is 5.32 Å². The molecule has 7 nitrogen and oxygen atoms in total. The summed E-state index contributed by atoms with van der Waals surface area (Å²) in [7, 11) is 0. The van der Waals surface area contributed by atoms with E-state index in [0.717, 1.165) is 29.6 Å². The van der Waals surface area contributed by atoms with Gasteiger partial charge < -0.3 is 14.5 Å². The van der Waals surface area contributed by atoms with E-state index in [-0.39, 0.29) is 17.7 Å². The molecule has 2 N–H and O–H groups in total. The van der Waals surface area contributed by atoms with Crippen LogP contribution in [0.15, 0.2) is 39.9 Å². The Hall–Kier alpha value is -2.32. The fourth-order valence-electron chi connectivity index (χ4n) is 3.95. The number of para-hydroxylation sites is 1. The van der Waals surface area contributed by atoms with Gasteiger partial charge in [-0.05, 0) is 25.0 Å². The molecule has 2 aliphatic rings. The van der Waals surface area contributed by atoms with Crippen molar-refractivity contribution in [2.24, 2.45) is 5.16 Å². The zero-order valence-corrected chi connectivity index (χ0v) is 16.2. The van der Waals surface area contributed by atoms with Crippen LogP contribution in [0.4, 0.5) is 0 Å². The minimum absolute atomic E-state index is 0.0559. The molecule has 2 fully saturated rings. The lowest BCUT2D eigenvalue weighted by Gasteiger charge is -2.26. The first-order valence-electron chi connectivity index (χ1n) is 9.50. The summed E-state index contributed by atoms with van der Waals surface area (Å²) in [6, 6.07) is 9.01. The molecule has 3 atom stereocenters. The van der Waals surface area contributed by atoms with Crippen LogP contribution in [0.5, 0.6) is 0 Å². The molecule has 1 aromatic heterocycles. The minimum Gasteiger partial charge on any atom is -0.461 e. The smallest absolute Gasteiger partial charge is 0.241 e. The normalized spacial score (nSPS) is 25.1. The number of carbonyl (C=O) groups is 2. The number of carbonyl (C=O) groups excluding carboxylic acids is 2. The lowest BCUT2D eigenvalue weighted by Crippen LogP contribution is -2.51. The van der Waals surface area contributed by atoms with E-state index in [0.29, 0.717) is 25.3 Å². The molecule has 2 aromatic rings. The quantitative estimate of drug-likeness (QED) is 0.439. The number of likely N-dealkylation sites (tertiary alicyclic amines) is 1. The molecule has 1 amide bonds. The van der Waals surface area contributed by atoms with E-state index in [9.17, 15) is 9.59 Å². The predicted octanol–water partition coefficient (Wildman–Crippen LogP) is 2.42. The number of thioether (sulfide) groups is 1. The molecule has 8 heteroatoms. The molecule has 0 saturated carbocycles. The van der Waals surface area contributed by atoms with Gasteiger partial charge in [0.25, 0.3) is 0 Å². The fraction of sp³-hybridized carbons (Fsp3) is 0.450. The molecule has 3 heterocycles. The molecule has 1 aromatic carbocycles. The number of aryl methyl sites for hydroxylation is 1. The maximum Gasteiger partial charge on any atom is 0.241 e. The number of benzene rings is 1. The van der Waals surface area contributed by atoms with Gasteiger partial charge >= 0.3 is 0 Å². The second-order valence-corrected chi connectivity index (χ2v) is 8.27. The average Bonchev–Trinajstić information content (AvgIpc) is 3.44. The van der Waals surface area contributed by atoms with Gasteiger partial charge in [-0.1, -0.05) is 23.4 Å². The SMILES string of the molecule is O=C(CCc1cc2ccccc2o1)C1SCN[C@@H]1C(=O)N1CCC[C@H]1C=NO. The van der Waals surface area contributed by atoms with Crippen LogP contribution in [-0.4, -0.2) is 57.8 Å². The second-order valence-electron chi connectivity index (χ2n) is 7.14. The third-order valence-electron chi connectivity index (χ3n) is 5.37. The molecule has 4 rings (SSSR count). The van der Waals surface area contributed by atoms with Crippen LogP contribution in [0.3, 0.4) is 0 Å². The number of furan rings is 1. The number of ketones is 1. The summed E-state index contributed by atoms with van der Waals surface area (Å²) in [4.78, 5) is 27.5. The Morgan fingerprint density at radius 3 is 3.07 bits per heavy atom. The van der Waals surface area contributed by atoms with Crippen LogP contribution >= 0.6 is 11.8 Å². The van der Waals surface area contributed by atoms with Crippen molar-refractivity contribution in [1.82, 2.24) is 10.2 Å². The summed E-state index contributed by atoms with van der Waals surface area (Å²) >= 11 is 1.48. The van der Waals surface area contributed by atoms with Crippen molar-refractivity contribution in [3.05, 3.63) is 36.1 Å². The van der Waals surface area contributed by atoms with Gasteiger partial charge in [-0.3, -0.25) is 14.9 Å². The van der Waals surface area contributed by atoms with E-state index in [2.05, 4.69) is 10.5 Å². The van der Waals surface area contributed by atoms with Gasteiger partial charge in [0.2, 0.25) is 5.91 Å². The number of amides is 1. The van der Waals surface area contributed by atoms with E-state index >= 15 is 0 Å². The fourth-order valence-corrected chi connectivity index (χ4v) is 5.12. The van der Waals surface area contributed by atoms with Crippen molar-refractivity contribution >= 4 is 40.6 Å². The van der Waals surface area contributed by atoms with E-state index in [4.69, 9.17) is 9.62 Å². The van der Waals surface area contributed by atoms with Crippen molar-refractivity contribution in [1.29, 1.82) is 0 Å². The van der Waals surface area contributed by atoms with Gasteiger partial charge in [-0.15, -0.1) is 11.8 Å². The van der Waals surface area contributed by atoms with Crippen molar-refractivity contribution in [2.75, 3.05) is 12.4 Å². The van der Waals surface area contributed by atoms with Crippen LogP contribution in [0.25, 0.3) is 11.0 Å². The lowest BCUT2D eigenvalue weighted by atomic mass is 10.0. The van der Waals surface area contributed by atoms with Crippen LogP contribution in [0.2, 0.25) is 0 Å². The maximum absolute atomic E-state index is 13.0. The van der Waals surface area contributed by atoms with Gasteiger partial charge in [0.15, 0.2) is 0 Å². The number of hydrogen-bond acceptors (Lipinski definition) is 7. The highest BCUT2D eigenvalue weighted by Crippen LogP contribution is 2.28. The van der Waals surface area contributed by atoms with Gasteiger partial charge in [-0.2, -0.15) is 0 Å². The van der Waals surface area contributed by atoms with E-state index in [1.807, 2.05) is 30.3 Å². The van der Waals surface area contributed by atoms with Gasteiger partial charge in [0, 0.05) is 30.6 Å². The van der Waals surface area contributed by atoms with Gasteiger partial charge in [-0.25, -0.2) is 0 Å². The minimum atomic E-state index is -0.527. The first-order chi connectivity index (χ1) is 13.7. The number of Topliss-reactive ketones (excluding diaryl/α,β-unsaturated/α-hetero) is 1. The van der Waals surface area contributed by atoms with E-state index in [1.54, 1.807) is 4.90 Å². The predicted molar refractivity (Wildman–Crippen MR) is 108 cm³/mol. The second kappa shape index (κ2) is 8.36. The molecule has 0 bridgehead atoms. The molecule has 1 unspecified atom stereocenters. The summed E-state index contributed by atoms with van der Waals surface area (Å²) < 4.78 is 5.79. The summed E-state index contributed by atoms with van der Waals surface area (Å²) in [5.41, 5.74) is 0.820. The Kier molecular flexibility index (Phi) is 5.68. The third-order valence-corrected chi connectivity index (χ3v) is 6.60. The monoisotopic (exact) mass is 401 g/mol. The van der Waals surface area contributed by atoms with E-state index in [1.165, 1.54) is 18.0 Å². The molecule has 2 saturated heterocycles. The topological polar surface area (TPSA) is 95.1 Å². The van der Waals surface area contributed by atoms with Crippen LogP contribution in [0.1, 0.15) is 25.0 Å². The largest absolute Gasteiger partial charge is 0.461 e. The highest BCUT2D eigenvalue weighted by Gasteiger charge is 2.42. The molecular formula is C20H23N3O4S. The number of hydrogen-bond donors (Lipinski definition) is 2. The molecule has 0 aliphatic carbocycles. The molecular weight excluding hydrogens is 378 g/mol. The van der Waals surface area contributed by atoms with Crippen LogP contribution in [0, 0.1) is 0 Å². The van der Waals surface area contributed by atoms with Gasteiger partial charge in [0.1, 0.15) is 23.2 Å². The van der Waals surface area contributed by atoms with Crippen molar-refractivity contribution in [2.45, 2.75) is 43.0 Å². The first-order valence-corrected chi connectivity index (χ1v) is 10.6. The number of oxime groups is 1. The Bertz CT molecular complexity index is 863. The zero-order chi connectivity index (χ0) is 19.5. The molecule has 2 aliphatic heterocycles. The summed E-state index contributed by atoms with van der Waals surface area (Å²) in [5.74, 6) is 1.33. The first kappa shape index (κ1) is 19.0. The lowest BCUT2D eigenvalue weighted by molar-refractivity contribution is -0.134. The summed E-state index contributed by atoms with van der Waals surface area (Å²) in [6.45, 7) is 0.623. The number of nitrogens with zero attached hydrogens (tertiary/aromatic N) is 2. The number of nitrogens with one attached hydrogen (secondary N) is 1. The highest BCUT2D eigenvalue weighted by molar-refractivity contribution is 8.00. The Morgan fingerprint density at radius 2 is 2.25 bits per heavy atom. The molecule has 28 heavy (non-hydrogen) atoms. The maximum atomic E-state index is 13.0. The summed E-state index contributed by atoms with van der Waals surface area (Å²) in [5, 5.41) is 15.7. The van der Waals surface area contributed by atoms with Crippen molar-refractivity contribution < 1.29 is 19.2 Å². The average molecular weight is 401 g/mol. The van der Waals surface area contributed by atoms with Crippen molar-refractivity contribution in [3.8, 4) is 0 Å². The molecule has 0 radical (unpaired) electrons. The highest BCUT2D eigenvalue weighted by atomic mass is 32.2. The Labute approximate surface area is 167 Å². The third kappa shape index (κ3) is 3.79.